The van der Waals surface area contributed by atoms with Gasteiger partial charge in [-0.1, -0.05) is 30.3 Å². The molecule has 1 fully saturated rings. The molecule has 2 amide bonds. The third kappa shape index (κ3) is 4.81. The Morgan fingerprint density at radius 3 is 2.63 bits per heavy atom. The highest BCUT2D eigenvalue weighted by molar-refractivity contribution is 5.82. The Morgan fingerprint density at radius 2 is 1.93 bits per heavy atom. The molecule has 0 radical (unpaired) electrons. The average molecular weight is 368 g/mol. The molecule has 8 nitrogen and oxygen atoms in total. The summed E-state index contributed by atoms with van der Waals surface area (Å²) < 4.78 is 0. The topological polar surface area (TPSA) is 105 Å². The number of hydrogen-bond donors (Lipinski definition) is 2. The van der Waals surface area contributed by atoms with Gasteiger partial charge in [0.2, 0.25) is 11.8 Å². The Labute approximate surface area is 156 Å². The van der Waals surface area contributed by atoms with Crippen molar-refractivity contribution in [3.8, 4) is 0 Å². The van der Waals surface area contributed by atoms with Crippen LogP contribution in [0.5, 0.6) is 0 Å². The first-order valence-corrected chi connectivity index (χ1v) is 8.62. The summed E-state index contributed by atoms with van der Waals surface area (Å²) in [5.41, 5.74) is 2.21. The third-order valence-electron chi connectivity index (χ3n) is 4.37. The van der Waals surface area contributed by atoms with Gasteiger partial charge in [-0.25, -0.2) is 0 Å². The summed E-state index contributed by atoms with van der Waals surface area (Å²) in [6.45, 7) is 2.06. The van der Waals surface area contributed by atoms with E-state index in [-0.39, 0.29) is 23.9 Å². The molecule has 0 atom stereocenters. The number of carbonyl (C=O) groups excluding carboxylic acids is 2. The summed E-state index contributed by atoms with van der Waals surface area (Å²) in [5, 5.41) is 16.6. The van der Waals surface area contributed by atoms with Gasteiger partial charge in [-0.15, -0.1) is 0 Å². The van der Waals surface area contributed by atoms with E-state index in [0.717, 1.165) is 17.8 Å². The molecule has 1 aliphatic heterocycles. The fraction of sp³-hybridized carbons (Fsp3) is 0.263. The van der Waals surface area contributed by atoms with E-state index in [1.165, 1.54) is 6.07 Å². The fourth-order valence-corrected chi connectivity index (χ4v) is 2.96. The molecule has 2 N–H and O–H groups in total. The van der Waals surface area contributed by atoms with Crippen LogP contribution in [-0.2, 0) is 22.6 Å². The van der Waals surface area contributed by atoms with Crippen molar-refractivity contribution in [3.05, 3.63) is 69.8 Å². The van der Waals surface area contributed by atoms with Crippen molar-refractivity contribution in [1.29, 1.82) is 0 Å². The maximum absolute atomic E-state index is 12.1. The molecule has 3 rings (SSSR count). The predicted octanol–water partition coefficient (Wildman–Crippen LogP) is 1.39. The Hall–Kier alpha value is -3.42. The zero-order valence-electron chi connectivity index (χ0n) is 14.7. The summed E-state index contributed by atoms with van der Waals surface area (Å²) in [6.07, 6.45) is -0.0435. The molecule has 1 saturated heterocycles. The number of carbonyl (C=O) groups is 2. The van der Waals surface area contributed by atoms with Gasteiger partial charge in [0.15, 0.2) is 0 Å². The number of anilines is 1. The number of piperazine rings is 1. The molecule has 0 spiro atoms. The van der Waals surface area contributed by atoms with Gasteiger partial charge in [0.1, 0.15) is 0 Å². The SMILES string of the molecule is O=C(Cc1ccccc1[N+](=O)[O-])NCc1ccc(N2CCNC(=O)C2)cc1. The largest absolute Gasteiger partial charge is 0.360 e. The lowest BCUT2D eigenvalue weighted by Crippen LogP contribution is -2.47. The van der Waals surface area contributed by atoms with Crippen LogP contribution in [0.15, 0.2) is 48.5 Å². The van der Waals surface area contributed by atoms with E-state index in [2.05, 4.69) is 10.6 Å². The molecule has 0 aliphatic carbocycles. The van der Waals surface area contributed by atoms with Gasteiger partial charge in [0, 0.05) is 37.0 Å². The Bertz CT molecular complexity index is 851. The van der Waals surface area contributed by atoms with Crippen molar-refractivity contribution < 1.29 is 14.5 Å². The minimum absolute atomic E-state index is 0.00703. The van der Waals surface area contributed by atoms with Crippen LogP contribution >= 0.6 is 0 Å². The van der Waals surface area contributed by atoms with E-state index in [1.54, 1.807) is 18.2 Å². The maximum atomic E-state index is 12.1. The van der Waals surface area contributed by atoms with Crippen LogP contribution in [0, 0.1) is 10.1 Å². The summed E-state index contributed by atoms with van der Waals surface area (Å²) in [7, 11) is 0. The number of rotatable bonds is 6. The molecule has 1 aliphatic rings. The van der Waals surface area contributed by atoms with Crippen LogP contribution in [0.1, 0.15) is 11.1 Å². The molecule has 2 aromatic rings. The lowest BCUT2D eigenvalue weighted by molar-refractivity contribution is -0.385. The molecule has 1 heterocycles. The van der Waals surface area contributed by atoms with Gasteiger partial charge in [0.25, 0.3) is 5.69 Å². The fourth-order valence-electron chi connectivity index (χ4n) is 2.96. The molecule has 0 saturated carbocycles. The number of benzene rings is 2. The van der Waals surface area contributed by atoms with Crippen molar-refractivity contribution in [2.45, 2.75) is 13.0 Å². The highest BCUT2D eigenvalue weighted by atomic mass is 16.6. The number of amides is 2. The van der Waals surface area contributed by atoms with Crippen LogP contribution < -0.4 is 15.5 Å². The van der Waals surface area contributed by atoms with E-state index in [0.29, 0.717) is 25.2 Å². The van der Waals surface area contributed by atoms with E-state index in [9.17, 15) is 19.7 Å². The standard InChI is InChI=1S/C19H20N4O4/c24-18(11-15-3-1-2-4-17(15)23(26)27)21-12-14-5-7-16(8-6-14)22-10-9-20-19(25)13-22/h1-8H,9-13H2,(H,20,25)(H,21,24). The van der Waals surface area contributed by atoms with Crippen molar-refractivity contribution in [2.75, 3.05) is 24.5 Å². The smallest absolute Gasteiger partial charge is 0.273 e. The lowest BCUT2D eigenvalue weighted by Gasteiger charge is -2.28. The Kier molecular flexibility index (Phi) is 5.65. The van der Waals surface area contributed by atoms with Gasteiger partial charge in [-0.05, 0) is 17.7 Å². The van der Waals surface area contributed by atoms with Gasteiger partial charge < -0.3 is 15.5 Å². The molecule has 27 heavy (non-hydrogen) atoms. The van der Waals surface area contributed by atoms with E-state index >= 15 is 0 Å². The molecule has 0 aromatic heterocycles. The van der Waals surface area contributed by atoms with Gasteiger partial charge in [-0.2, -0.15) is 0 Å². The van der Waals surface area contributed by atoms with Gasteiger partial charge in [0.05, 0.1) is 17.9 Å². The zero-order valence-corrected chi connectivity index (χ0v) is 14.7. The second kappa shape index (κ2) is 8.31. The molecule has 0 unspecified atom stereocenters. The van der Waals surface area contributed by atoms with Crippen LogP contribution in [0.2, 0.25) is 0 Å². The van der Waals surface area contributed by atoms with Gasteiger partial charge >= 0.3 is 0 Å². The number of hydrogen-bond acceptors (Lipinski definition) is 5. The number of nitrogens with one attached hydrogen (secondary N) is 2. The highest BCUT2D eigenvalue weighted by Gasteiger charge is 2.17. The van der Waals surface area contributed by atoms with Crippen molar-refractivity contribution in [2.24, 2.45) is 0 Å². The van der Waals surface area contributed by atoms with E-state index in [1.807, 2.05) is 29.2 Å². The number of nitrogens with zero attached hydrogens (tertiary/aromatic N) is 2. The minimum atomic E-state index is -0.484. The first-order valence-electron chi connectivity index (χ1n) is 8.62. The molecular formula is C19H20N4O4. The zero-order chi connectivity index (χ0) is 19.2. The average Bonchev–Trinajstić information content (AvgIpc) is 2.67. The van der Waals surface area contributed by atoms with Crippen LogP contribution in [0.4, 0.5) is 11.4 Å². The first-order chi connectivity index (χ1) is 13.0. The van der Waals surface area contributed by atoms with Crippen molar-refractivity contribution in [3.63, 3.8) is 0 Å². The predicted molar refractivity (Wildman–Crippen MR) is 100 cm³/mol. The number of nitro groups is 1. The van der Waals surface area contributed by atoms with Crippen LogP contribution in [-0.4, -0.2) is 36.4 Å². The minimum Gasteiger partial charge on any atom is -0.360 e. The third-order valence-corrected chi connectivity index (χ3v) is 4.37. The quantitative estimate of drug-likeness (QED) is 0.592. The summed E-state index contributed by atoms with van der Waals surface area (Å²) >= 11 is 0. The normalized spacial score (nSPS) is 13.8. The summed E-state index contributed by atoms with van der Waals surface area (Å²) in [4.78, 5) is 36.1. The summed E-state index contributed by atoms with van der Waals surface area (Å²) in [6, 6.07) is 13.9. The highest BCUT2D eigenvalue weighted by Crippen LogP contribution is 2.18. The Morgan fingerprint density at radius 1 is 1.19 bits per heavy atom. The molecule has 8 heteroatoms. The second-order valence-corrected chi connectivity index (χ2v) is 6.28. The van der Waals surface area contributed by atoms with Crippen LogP contribution in [0.25, 0.3) is 0 Å². The number of para-hydroxylation sites is 1. The van der Waals surface area contributed by atoms with Crippen LogP contribution in [0.3, 0.4) is 0 Å². The molecule has 2 aromatic carbocycles. The monoisotopic (exact) mass is 368 g/mol. The molecule has 0 bridgehead atoms. The second-order valence-electron chi connectivity index (χ2n) is 6.28. The van der Waals surface area contributed by atoms with Gasteiger partial charge in [-0.3, -0.25) is 19.7 Å². The Balaban J connectivity index is 1.55. The summed E-state index contributed by atoms with van der Waals surface area (Å²) in [5.74, 6) is -0.270. The lowest BCUT2D eigenvalue weighted by atomic mass is 10.1. The first kappa shape index (κ1) is 18.4. The van der Waals surface area contributed by atoms with E-state index in [4.69, 9.17) is 0 Å². The molecular weight excluding hydrogens is 348 g/mol. The van der Waals surface area contributed by atoms with Crippen molar-refractivity contribution in [1.82, 2.24) is 10.6 Å². The number of nitro benzene ring substituents is 1. The molecule has 140 valence electrons. The maximum Gasteiger partial charge on any atom is 0.273 e. The van der Waals surface area contributed by atoms with E-state index < -0.39 is 4.92 Å². The van der Waals surface area contributed by atoms with Crippen molar-refractivity contribution >= 4 is 23.2 Å².